The van der Waals surface area contributed by atoms with Gasteiger partial charge in [0.1, 0.15) is 5.75 Å². The number of carbonyl (C=O) groups excluding carboxylic acids is 2. The van der Waals surface area contributed by atoms with Gasteiger partial charge in [-0.15, -0.1) is 0 Å². The van der Waals surface area contributed by atoms with Crippen molar-refractivity contribution in [2.75, 3.05) is 11.9 Å². The molecule has 2 amide bonds. The van der Waals surface area contributed by atoms with E-state index in [-0.39, 0.29) is 11.3 Å². The summed E-state index contributed by atoms with van der Waals surface area (Å²) in [5.41, 5.74) is 4.54. The van der Waals surface area contributed by atoms with Crippen LogP contribution in [0.2, 0.25) is 0 Å². The summed E-state index contributed by atoms with van der Waals surface area (Å²) >= 11 is 0. The van der Waals surface area contributed by atoms with Gasteiger partial charge in [0, 0.05) is 11.3 Å². The van der Waals surface area contributed by atoms with Gasteiger partial charge in [0.25, 0.3) is 5.91 Å². The number of hydrogen-bond donors (Lipinski definition) is 2. The van der Waals surface area contributed by atoms with Crippen molar-refractivity contribution >= 4 is 17.5 Å². The van der Waals surface area contributed by atoms with Gasteiger partial charge in [-0.1, -0.05) is 6.07 Å². The van der Waals surface area contributed by atoms with Crippen LogP contribution < -0.4 is 15.8 Å². The molecule has 0 spiro atoms. The molecule has 0 saturated heterocycles. The predicted octanol–water partition coefficient (Wildman–Crippen LogP) is 2.82. The highest BCUT2D eigenvalue weighted by atomic mass is 19.4. The Morgan fingerprint density at radius 1 is 1.08 bits per heavy atom. The Balaban J connectivity index is 1.93. The first-order chi connectivity index (χ1) is 11.3. The van der Waals surface area contributed by atoms with E-state index in [1.54, 1.807) is 0 Å². The number of nitrogens with one attached hydrogen (secondary N) is 1. The van der Waals surface area contributed by atoms with E-state index in [0.29, 0.717) is 5.75 Å². The molecular weight excluding hydrogens is 325 g/mol. The highest BCUT2D eigenvalue weighted by molar-refractivity contribution is 5.93. The maximum absolute atomic E-state index is 12.6. The van der Waals surface area contributed by atoms with Gasteiger partial charge in [-0.25, -0.2) is 0 Å². The molecular formula is C16H13F3N2O3. The second-order valence-electron chi connectivity index (χ2n) is 4.80. The van der Waals surface area contributed by atoms with Crippen molar-refractivity contribution in [3.63, 3.8) is 0 Å². The number of rotatable bonds is 5. The summed E-state index contributed by atoms with van der Waals surface area (Å²) in [5, 5.41) is 2.32. The fourth-order valence-corrected chi connectivity index (χ4v) is 1.83. The lowest BCUT2D eigenvalue weighted by molar-refractivity contribution is -0.137. The first kappa shape index (κ1) is 17.3. The molecule has 0 radical (unpaired) electrons. The minimum atomic E-state index is -4.49. The highest BCUT2D eigenvalue weighted by Crippen LogP contribution is 2.30. The lowest BCUT2D eigenvalue weighted by Crippen LogP contribution is -2.20. The first-order valence-corrected chi connectivity index (χ1v) is 6.75. The fourth-order valence-electron chi connectivity index (χ4n) is 1.83. The monoisotopic (exact) mass is 338 g/mol. The molecule has 0 bridgehead atoms. The van der Waals surface area contributed by atoms with E-state index in [2.05, 4.69) is 5.32 Å². The van der Waals surface area contributed by atoms with Gasteiger partial charge in [0.2, 0.25) is 5.91 Å². The van der Waals surface area contributed by atoms with Crippen molar-refractivity contribution in [2.24, 2.45) is 5.73 Å². The third-order valence-electron chi connectivity index (χ3n) is 2.98. The van der Waals surface area contributed by atoms with Crippen molar-refractivity contribution < 1.29 is 27.5 Å². The number of benzene rings is 2. The minimum absolute atomic E-state index is 0.0162. The number of carbonyl (C=O) groups is 2. The molecule has 0 fully saturated rings. The van der Waals surface area contributed by atoms with E-state index >= 15 is 0 Å². The second-order valence-corrected chi connectivity index (χ2v) is 4.80. The number of primary amides is 1. The average molecular weight is 338 g/mol. The van der Waals surface area contributed by atoms with Gasteiger partial charge in [-0.3, -0.25) is 9.59 Å². The van der Waals surface area contributed by atoms with Crippen molar-refractivity contribution in [3.8, 4) is 5.75 Å². The fraction of sp³-hybridized carbons (Fsp3) is 0.125. The molecule has 126 valence electrons. The Hall–Kier alpha value is -3.03. The zero-order chi connectivity index (χ0) is 17.7. The molecule has 2 rings (SSSR count). The van der Waals surface area contributed by atoms with Gasteiger partial charge in [-0.05, 0) is 42.5 Å². The van der Waals surface area contributed by atoms with E-state index in [1.165, 1.54) is 36.4 Å². The SMILES string of the molecule is NC(=O)c1ccc(OCC(=O)Nc2cccc(C(F)(F)F)c2)cc1. The van der Waals surface area contributed by atoms with E-state index in [4.69, 9.17) is 10.5 Å². The van der Waals surface area contributed by atoms with Crippen LogP contribution in [-0.4, -0.2) is 18.4 Å². The molecule has 0 unspecified atom stereocenters. The summed E-state index contributed by atoms with van der Waals surface area (Å²) < 4.78 is 43.0. The Kier molecular flexibility index (Phi) is 5.08. The number of amides is 2. The largest absolute Gasteiger partial charge is 0.484 e. The summed E-state index contributed by atoms with van der Waals surface area (Å²) in [6.45, 7) is -0.397. The van der Waals surface area contributed by atoms with Crippen LogP contribution in [0.1, 0.15) is 15.9 Å². The molecule has 0 aliphatic heterocycles. The van der Waals surface area contributed by atoms with Gasteiger partial charge < -0.3 is 15.8 Å². The number of ether oxygens (including phenoxy) is 1. The Bertz CT molecular complexity index is 743. The summed E-state index contributed by atoms with van der Waals surface area (Å²) in [6.07, 6.45) is -4.49. The molecule has 0 atom stereocenters. The Labute approximate surface area is 135 Å². The predicted molar refractivity (Wildman–Crippen MR) is 80.5 cm³/mol. The number of hydrogen-bond acceptors (Lipinski definition) is 3. The summed E-state index contributed by atoms with van der Waals surface area (Å²) in [4.78, 5) is 22.6. The molecule has 24 heavy (non-hydrogen) atoms. The van der Waals surface area contributed by atoms with Crippen molar-refractivity contribution in [1.29, 1.82) is 0 Å². The van der Waals surface area contributed by atoms with Crippen molar-refractivity contribution in [2.45, 2.75) is 6.18 Å². The van der Waals surface area contributed by atoms with E-state index in [1.807, 2.05) is 0 Å². The second kappa shape index (κ2) is 7.03. The summed E-state index contributed by atoms with van der Waals surface area (Å²) in [7, 11) is 0. The smallest absolute Gasteiger partial charge is 0.416 e. The van der Waals surface area contributed by atoms with Crippen LogP contribution in [-0.2, 0) is 11.0 Å². The molecule has 5 nitrogen and oxygen atoms in total. The van der Waals surface area contributed by atoms with Crippen LogP contribution in [0.25, 0.3) is 0 Å². The Morgan fingerprint density at radius 2 is 1.75 bits per heavy atom. The Morgan fingerprint density at radius 3 is 2.33 bits per heavy atom. The molecule has 0 aliphatic rings. The van der Waals surface area contributed by atoms with Crippen LogP contribution in [0.3, 0.4) is 0 Å². The van der Waals surface area contributed by atoms with Gasteiger partial charge in [-0.2, -0.15) is 13.2 Å². The maximum Gasteiger partial charge on any atom is 0.416 e. The van der Waals surface area contributed by atoms with E-state index < -0.39 is 30.2 Å². The number of halogens is 3. The molecule has 0 heterocycles. The quantitative estimate of drug-likeness (QED) is 0.879. The number of nitrogens with two attached hydrogens (primary N) is 1. The normalized spacial score (nSPS) is 11.0. The topological polar surface area (TPSA) is 81.4 Å². The molecule has 0 saturated carbocycles. The van der Waals surface area contributed by atoms with Gasteiger partial charge in [0.05, 0.1) is 5.56 Å². The molecule has 2 aromatic rings. The van der Waals surface area contributed by atoms with Crippen LogP contribution in [0.5, 0.6) is 5.75 Å². The third kappa shape index (κ3) is 4.73. The molecule has 2 aromatic carbocycles. The molecule has 0 aliphatic carbocycles. The molecule has 8 heteroatoms. The lowest BCUT2D eigenvalue weighted by Gasteiger charge is -2.10. The zero-order valence-corrected chi connectivity index (χ0v) is 12.3. The molecule has 3 N–H and O–H groups in total. The van der Waals surface area contributed by atoms with Crippen LogP contribution in [0.15, 0.2) is 48.5 Å². The first-order valence-electron chi connectivity index (χ1n) is 6.75. The average Bonchev–Trinajstić information content (AvgIpc) is 2.53. The van der Waals surface area contributed by atoms with Gasteiger partial charge in [0.15, 0.2) is 6.61 Å². The molecule has 0 aromatic heterocycles. The van der Waals surface area contributed by atoms with Crippen molar-refractivity contribution in [3.05, 3.63) is 59.7 Å². The number of alkyl halides is 3. The highest BCUT2D eigenvalue weighted by Gasteiger charge is 2.30. The maximum atomic E-state index is 12.6. The summed E-state index contributed by atoms with van der Waals surface area (Å²) in [6, 6.07) is 10.1. The minimum Gasteiger partial charge on any atom is -0.484 e. The summed E-state index contributed by atoms with van der Waals surface area (Å²) in [5.74, 6) is -0.892. The standard InChI is InChI=1S/C16H13F3N2O3/c17-16(18,19)11-2-1-3-12(8-11)21-14(22)9-24-13-6-4-10(5-7-13)15(20)23/h1-8H,9H2,(H2,20,23)(H,21,22). The van der Waals surface area contributed by atoms with Crippen LogP contribution >= 0.6 is 0 Å². The van der Waals surface area contributed by atoms with E-state index in [9.17, 15) is 22.8 Å². The number of anilines is 1. The van der Waals surface area contributed by atoms with Crippen molar-refractivity contribution in [1.82, 2.24) is 0 Å². The zero-order valence-electron chi connectivity index (χ0n) is 12.3. The third-order valence-corrected chi connectivity index (χ3v) is 2.98. The lowest BCUT2D eigenvalue weighted by atomic mass is 10.2. The van der Waals surface area contributed by atoms with Crippen LogP contribution in [0, 0.1) is 0 Å². The van der Waals surface area contributed by atoms with E-state index in [0.717, 1.165) is 12.1 Å². The van der Waals surface area contributed by atoms with Gasteiger partial charge >= 0.3 is 6.18 Å². The van der Waals surface area contributed by atoms with Crippen LogP contribution in [0.4, 0.5) is 18.9 Å².